The van der Waals surface area contributed by atoms with Gasteiger partial charge in [-0.15, -0.1) is 11.6 Å². The molecule has 4 rings (SSSR count). The van der Waals surface area contributed by atoms with Crippen LogP contribution in [0.25, 0.3) is 0 Å². The number of hydrogen-bond donors (Lipinski definition) is 3. The van der Waals surface area contributed by atoms with Crippen LogP contribution in [0, 0.1) is 34.9 Å². The number of carbonyl (C=O) groups excluding carboxylic acids is 4. The summed E-state index contributed by atoms with van der Waals surface area (Å²) in [7, 11) is 0. The highest BCUT2D eigenvalue weighted by atomic mass is 35.5. The number of ether oxygens (including phenoxy) is 1. The van der Waals surface area contributed by atoms with Crippen molar-refractivity contribution in [2.45, 2.75) is 62.0 Å². The van der Waals surface area contributed by atoms with Crippen molar-refractivity contribution >= 4 is 35.2 Å². The Balaban J connectivity index is 1.56. The Morgan fingerprint density at radius 1 is 1.27 bits per heavy atom. The molecule has 0 spiro atoms. The van der Waals surface area contributed by atoms with Gasteiger partial charge in [0.1, 0.15) is 35.8 Å². The SMILES string of the molecule is CC(Oc1ccc(F)cc1)[C@H](NC(=O)C(F)(F)F)C(=O)N1C[C@H]2[C@@H]([C@H]1C(=O)N[C@H](C#N)C[C@@H]1CCNC1=O)C2(C)Cl. The van der Waals surface area contributed by atoms with Crippen LogP contribution in [0.2, 0.25) is 0 Å². The van der Waals surface area contributed by atoms with Gasteiger partial charge in [-0.25, -0.2) is 4.39 Å². The average molecular weight is 602 g/mol. The molecule has 0 bridgehead atoms. The molecular weight excluding hydrogens is 574 g/mol. The molecule has 2 unspecified atom stereocenters. The number of amides is 4. The highest BCUT2D eigenvalue weighted by Crippen LogP contribution is 2.62. The second-order valence-corrected chi connectivity index (χ2v) is 11.5. The number of nitriles is 1. The Labute approximate surface area is 237 Å². The van der Waals surface area contributed by atoms with Gasteiger partial charge in [0.05, 0.1) is 10.9 Å². The first-order valence-corrected chi connectivity index (χ1v) is 13.3. The van der Waals surface area contributed by atoms with Crippen LogP contribution in [-0.2, 0) is 19.2 Å². The largest absolute Gasteiger partial charge is 0.488 e. The summed E-state index contributed by atoms with van der Waals surface area (Å²) < 4.78 is 58.4. The molecule has 1 aromatic rings. The van der Waals surface area contributed by atoms with E-state index < -0.39 is 70.7 Å². The highest BCUT2D eigenvalue weighted by Gasteiger charge is 2.72. The van der Waals surface area contributed by atoms with E-state index in [0.29, 0.717) is 13.0 Å². The Bertz CT molecular complexity index is 1250. The maximum Gasteiger partial charge on any atom is 0.471 e. The monoisotopic (exact) mass is 601 g/mol. The number of carbonyl (C=O) groups is 4. The van der Waals surface area contributed by atoms with Gasteiger partial charge >= 0.3 is 12.1 Å². The Morgan fingerprint density at radius 2 is 1.93 bits per heavy atom. The fourth-order valence-electron chi connectivity index (χ4n) is 5.61. The fraction of sp³-hybridized carbons (Fsp3) is 0.577. The number of nitrogens with zero attached hydrogens (tertiary/aromatic N) is 2. The minimum Gasteiger partial charge on any atom is -0.488 e. The van der Waals surface area contributed by atoms with Crippen molar-refractivity contribution in [2.24, 2.45) is 17.8 Å². The first kappa shape index (κ1) is 30.4. The lowest BCUT2D eigenvalue weighted by atomic mass is 9.98. The maximum atomic E-state index is 13.7. The quantitative estimate of drug-likeness (QED) is 0.290. The smallest absolute Gasteiger partial charge is 0.471 e. The van der Waals surface area contributed by atoms with E-state index >= 15 is 0 Å². The molecule has 41 heavy (non-hydrogen) atoms. The number of halogens is 5. The van der Waals surface area contributed by atoms with Gasteiger partial charge < -0.3 is 25.6 Å². The average Bonchev–Trinajstić information content (AvgIpc) is 3.25. The van der Waals surface area contributed by atoms with Crippen LogP contribution in [-0.4, -0.2) is 76.9 Å². The first-order valence-electron chi connectivity index (χ1n) is 12.9. The van der Waals surface area contributed by atoms with E-state index in [2.05, 4.69) is 10.6 Å². The van der Waals surface area contributed by atoms with Gasteiger partial charge in [-0.1, -0.05) is 0 Å². The number of likely N-dealkylation sites (tertiary alicyclic amines) is 1. The summed E-state index contributed by atoms with van der Waals surface area (Å²) in [6, 6.07) is 2.20. The molecule has 3 fully saturated rings. The summed E-state index contributed by atoms with van der Waals surface area (Å²) >= 11 is 6.54. The maximum absolute atomic E-state index is 13.7. The Kier molecular flexibility index (Phi) is 8.40. The number of rotatable bonds is 9. The van der Waals surface area contributed by atoms with E-state index in [1.54, 1.807) is 12.2 Å². The van der Waals surface area contributed by atoms with Crippen LogP contribution in [0.3, 0.4) is 0 Å². The minimum absolute atomic E-state index is 0.0256. The molecule has 1 aromatic carbocycles. The number of nitrogens with one attached hydrogen (secondary N) is 3. The second kappa shape index (κ2) is 11.3. The lowest BCUT2D eigenvalue weighted by Crippen LogP contribution is -2.61. The number of piperidine rings is 1. The van der Waals surface area contributed by atoms with E-state index in [9.17, 15) is 42.0 Å². The van der Waals surface area contributed by atoms with Crippen molar-refractivity contribution in [1.29, 1.82) is 5.26 Å². The molecule has 2 heterocycles. The number of alkyl halides is 4. The third-order valence-electron chi connectivity index (χ3n) is 7.89. The molecule has 3 aliphatic rings. The number of hydrogen-bond acceptors (Lipinski definition) is 6. The zero-order valence-electron chi connectivity index (χ0n) is 22.0. The summed E-state index contributed by atoms with van der Waals surface area (Å²) in [5.74, 6) is -6.43. The molecule has 0 aromatic heterocycles. The number of fused-ring (bicyclic) bond motifs is 1. The van der Waals surface area contributed by atoms with Crippen LogP contribution in [0.5, 0.6) is 5.75 Å². The molecule has 0 radical (unpaired) electrons. The third kappa shape index (κ3) is 6.34. The van der Waals surface area contributed by atoms with Gasteiger partial charge in [0, 0.05) is 30.8 Å². The third-order valence-corrected chi connectivity index (χ3v) is 8.42. The standard InChI is InChI=1S/C26H28ClF4N5O5/c1-12(41-16-5-3-14(28)4-6-16)19(35-24(40)26(29,30)31)23(39)36-11-17-18(25(17,2)27)20(36)22(38)34-15(10-32)9-13-7-8-33-21(13)37/h3-6,12-13,15,17-20H,7-9,11H2,1-2H3,(H,33,37)(H,34,38)(H,35,40)/t12?,13-,15-,17-,18-,19-,20-,25?/m0/s1. The summed E-state index contributed by atoms with van der Waals surface area (Å²) in [5, 5.41) is 16.5. The van der Waals surface area contributed by atoms with E-state index in [-0.39, 0.29) is 30.5 Å². The molecule has 15 heteroatoms. The molecule has 8 atom stereocenters. The van der Waals surface area contributed by atoms with Gasteiger partial charge in [-0.3, -0.25) is 19.2 Å². The van der Waals surface area contributed by atoms with Crippen LogP contribution in [0.4, 0.5) is 17.6 Å². The lowest BCUT2D eigenvalue weighted by molar-refractivity contribution is -0.176. The molecule has 4 amide bonds. The predicted molar refractivity (Wildman–Crippen MR) is 134 cm³/mol. The van der Waals surface area contributed by atoms with Crippen LogP contribution >= 0.6 is 11.6 Å². The normalized spacial score (nSPS) is 28.9. The zero-order chi connectivity index (χ0) is 30.3. The Hall–Kier alpha value is -3.60. The molecular formula is C26H28ClF4N5O5. The van der Waals surface area contributed by atoms with Gasteiger partial charge in [-0.05, 0) is 51.0 Å². The van der Waals surface area contributed by atoms with E-state index in [4.69, 9.17) is 16.3 Å². The van der Waals surface area contributed by atoms with Crippen molar-refractivity contribution in [3.8, 4) is 11.8 Å². The van der Waals surface area contributed by atoms with E-state index in [1.165, 1.54) is 19.1 Å². The summed E-state index contributed by atoms with van der Waals surface area (Å²) in [6.45, 7) is 3.27. The molecule has 2 saturated heterocycles. The fourth-order valence-corrected chi connectivity index (χ4v) is 6.02. The molecule has 222 valence electrons. The second-order valence-electron chi connectivity index (χ2n) is 10.6. The zero-order valence-corrected chi connectivity index (χ0v) is 22.8. The molecule has 10 nitrogen and oxygen atoms in total. The summed E-state index contributed by atoms with van der Waals surface area (Å²) in [4.78, 5) is 51.2. The van der Waals surface area contributed by atoms with Crippen molar-refractivity contribution in [3.63, 3.8) is 0 Å². The molecule has 1 saturated carbocycles. The van der Waals surface area contributed by atoms with Crippen molar-refractivity contribution in [3.05, 3.63) is 30.1 Å². The van der Waals surface area contributed by atoms with Crippen LogP contribution < -0.4 is 20.7 Å². The lowest BCUT2D eigenvalue weighted by Gasteiger charge is -2.35. The molecule has 3 N–H and O–H groups in total. The minimum atomic E-state index is -5.32. The van der Waals surface area contributed by atoms with Gasteiger partial charge in [0.25, 0.3) is 0 Å². The van der Waals surface area contributed by atoms with E-state index in [0.717, 1.165) is 17.0 Å². The van der Waals surface area contributed by atoms with Crippen LogP contribution in [0.1, 0.15) is 26.7 Å². The summed E-state index contributed by atoms with van der Waals surface area (Å²) in [5.41, 5.74) is 0. The van der Waals surface area contributed by atoms with E-state index in [1.807, 2.05) is 6.07 Å². The molecule has 2 aliphatic heterocycles. The van der Waals surface area contributed by atoms with Gasteiger partial charge in [0.2, 0.25) is 17.7 Å². The van der Waals surface area contributed by atoms with Crippen LogP contribution in [0.15, 0.2) is 24.3 Å². The van der Waals surface area contributed by atoms with Gasteiger partial charge in [0.15, 0.2) is 0 Å². The van der Waals surface area contributed by atoms with Gasteiger partial charge in [-0.2, -0.15) is 18.4 Å². The summed E-state index contributed by atoms with van der Waals surface area (Å²) in [6.07, 6.45) is -6.18. The topological polar surface area (TPSA) is 141 Å². The first-order chi connectivity index (χ1) is 19.1. The molecule has 1 aliphatic carbocycles. The Morgan fingerprint density at radius 3 is 2.49 bits per heavy atom. The predicted octanol–water partition coefficient (Wildman–Crippen LogP) is 1.63. The number of benzene rings is 1. The van der Waals surface area contributed by atoms with Crippen molar-refractivity contribution in [1.82, 2.24) is 20.9 Å². The highest BCUT2D eigenvalue weighted by molar-refractivity contribution is 6.27. The van der Waals surface area contributed by atoms with Crippen molar-refractivity contribution < 1.29 is 41.5 Å². The van der Waals surface area contributed by atoms with Crippen molar-refractivity contribution in [2.75, 3.05) is 13.1 Å².